The first-order valence-corrected chi connectivity index (χ1v) is 10.5. The molecule has 2 heterocycles. The number of aromatic nitrogens is 2. The van der Waals surface area contributed by atoms with Crippen LogP contribution in [0.4, 0.5) is 5.82 Å². The Kier molecular flexibility index (Phi) is 5.81. The lowest BCUT2D eigenvalue weighted by molar-refractivity contribution is -0.150. The van der Waals surface area contributed by atoms with E-state index in [1.807, 2.05) is 18.2 Å². The quantitative estimate of drug-likeness (QED) is 0.722. The zero-order valence-electron chi connectivity index (χ0n) is 14.3. The minimum absolute atomic E-state index is 0.0276. The van der Waals surface area contributed by atoms with E-state index >= 15 is 0 Å². The summed E-state index contributed by atoms with van der Waals surface area (Å²) in [6, 6.07) is 8.90. The first kappa shape index (κ1) is 19.4. The van der Waals surface area contributed by atoms with Crippen LogP contribution in [0.5, 0.6) is 0 Å². The molecule has 8 nitrogen and oxygen atoms in total. The molecular formula is C17H18ClN3O5S. The molecule has 1 aliphatic rings. The third-order valence-electron chi connectivity index (χ3n) is 4.17. The molecule has 1 aliphatic heterocycles. The fourth-order valence-corrected chi connectivity index (χ4v) is 4.69. The van der Waals surface area contributed by atoms with Crippen LogP contribution in [-0.4, -0.2) is 48.2 Å². The lowest BCUT2D eigenvalue weighted by Crippen LogP contribution is -2.26. The fourth-order valence-electron chi connectivity index (χ4n) is 2.77. The maximum Gasteiger partial charge on any atom is 0.310 e. The topological polar surface area (TPSA) is 107 Å². The number of halogens is 1. The standard InChI is InChI=1S/C17H18ClN3O5S/c18-14-4-2-1-3-12(14)9-21-15(5-7-19-21)20-16(22)10-26-17(23)13-6-8-27(24,25)11-13/h1-5,7,13H,6,8-11H2,(H,20,22). The van der Waals surface area contributed by atoms with Crippen LogP contribution < -0.4 is 5.32 Å². The van der Waals surface area contributed by atoms with E-state index in [1.165, 1.54) is 6.20 Å². The van der Waals surface area contributed by atoms with Crippen molar-refractivity contribution in [2.45, 2.75) is 13.0 Å². The first-order valence-electron chi connectivity index (χ1n) is 8.26. The van der Waals surface area contributed by atoms with Crippen LogP contribution in [0.25, 0.3) is 0 Å². The van der Waals surface area contributed by atoms with E-state index in [4.69, 9.17) is 16.3 Å². The number of esters is 1. The number of carbonyl (C=O) groups is 2. The Balaban J connectivity index is 1.54. The maximum absolute atomic E-state index is 12.1. The summed E-state index contributed by atoms with van der Waals surface area (Å²) >= 11 is 6.14. The summed E-state index contributed by atoms with van der Waals surface area (Å²) in [5.41, 5.74) is 0.840. The number of hydrogen-bond donors (Lipinski definition) is 1. The Morgan fingerprint density at radius 2 is 2.07 bits per heavy atom. The second-order valence-electron chi connectivity index (χ2n) is 6.22. The minimum Gasteiger partial charge on any atom is -0.455 e. The lowest BCUT2D eigenvalue weighted by atomic mass is 10.1. The predicted molar refractivity (Wildman–Crippen MR) is 99.1 cm³/mol. The van der Waals surface area contributed by atoms with Crippen molar-refractivity contribution < 1.29 is 22.7 Å². The highest BCUT2D eigenvalue weighted by atomic mass is 35.5. The number of sulfone groups is 1. The summed E-state index contributed by atoms with van der Waals surface area (Å²) < 4.78 is 29.3. The monoisotopic (exact) mass is 411 g/mol. The maximum atomic E-state index is 12.1. The number of hydrogen-bond acceptors (Lipinski definition) is 6. The van der Waals surface area contributed by atoms with Gasteiger partial charge in [0.05, 0.1) is 30.2 Å². The number of rotatable bonds is 6. The van der Waals surface area contributed by atoms with Gasteiger partial charge in [-0.25, -0.2) is 13.1 Å². The molecule has 144 valence electrons. The highest BCUT2D eigenvalue weighted by molar-refractivity contribution is 7.91. The number of nitrogens with one attached hydrogen (secondary N) is 1. The summed E-state index contributed by atoms with van der Waals surface area (Å²) in [5, 5.41) is 7.35. The summed E-state index contributed by atoms with van der Waals surface area (Å²) in [7, 11) is -3.18. The van der Waals surface area contributed by atoms with E-state index in [-0.39, 0.29) is 17.9 Å². The molecule has 1 saturated heterocycles. The van der Waals surface area contributed by atoms with Crippen LogP contribution in [0, 0.1) is 5.92 Å². The molecule has 0 bridgehead atoms. The fraction of sp³-hybridized carbons (Fsp3) is 0.353. The number of anilines is 1. The molecule has 0 spiro atoms. The van der Waals surface area contributed by atoms with Gasteiger partial charge in [-0.3, -0.25) is 9.59 Å². The van der Waals surface area contributed by atoms with Gasteiger partial charge in [-0.05, 0) is 18.1 Å². The van der Waals surface area contributed by atoms with Crippen molar-refractivity contribution >= 4 is 39.1 Å². The largest absolute Gasteiger partial charge is 0.455 e. The van der Waals surface area contributed by atoms with Gasteiger partial charge in [0.25, 0.3) is 5.91 Å². The van der Waals surface area contributed by atoms with Gasteiger partial charge in [0.2, 0.25) is 0 Å². The van der Waals surface area contributed by atoms with Gasteiger partial charge in [0.15, 0.2) is 16.4 Å². The highest BCUT2D eigenvalue weighted by Gasteiger charge is 2.34. The van der Waals surface area contributed by atoms with E-state index in [9.17, 15) is 18.0 Å². The van der Waals surface area contributed by atoms with Crippen molar-refractivity contribution in [2.24, 2.45) is 5.92 Å². The smallest absolute Gasteiger partial charge is 0.310 e. The summed E-state index contributed by atoms with van der Waals surface area (Å²) in [5.74, 6) is -1.73. The van der Waals surface area contributed by atoms with Gasteiger partial charge in [0, 0.05) is 11.1 Å². The van der Waals surface area contributed by atoms with Crippen molar-refractivity contribution in [3.8, 4) is 0 Å². The van der Waals surface area contributed by atoms with Crippen molar-refractivity contribution in [3.05, 3.63) is 47.1 Å². The van der Waals surface area contributed by atoms with Crippen molar-refractivity contribution in [1.29, 1.82) is 0 Å². The molecule has 1 fully saturated rings. The number of carbonyl (C=O) groups excluding carboxylic acids is 2. The van der Waals surface area contributed by atoms with Gasteiger partial charge in [-0.1, -0.05) is 29.8 Å². The molecule has 1 aromatic carbocycles. The zero-order valence-corrected chi connectivity index (χ0v) is 15.9. The molecule has 10 heteroatoms. The number of benzene rings is 1. The van der Waals surface area contributed by atoms with Gasteiger partial charge >= 0.3 is 5.97 Å². The van der Waals surface area contributed by atoms with Crippen LogP contribution in [0.1, 0.15) is 12.0 Å². The number of amides is 1. The summed E-state index contributed by atoms with van der Waals surface area (Å²) in [4.78, 5) is 23.9. The van der Waals surface area contributed by atoms with Crippen molar-refractivity contribution in [2.75, 3.05) is 23.4 Å². The predicted octanol–water partition coefficient (Wildman–Crippen LogP) is 1.50. The molecular weight excluding hydrogens is 394 g/mol. The van der Waals surface area contributed by atoms with Crippen LogP contribution in [0.3, 0.4) is 0 Å². The number of ether oxygens (including phenoxy) is 1. The Morgan fingerprint density at radius 3 is 2.78 bits per heavy atom. The lowest BCUT2D eigenvalue weighted by Gasteiger charge is -2.11. The highest BCUT2D eigenvalue weighted by Crippen LogP contribution is 2.20. The van der Waals surface area contributed by atoms with E-state index in [2.05, 4.69) is 10.4 Å². The SMILES string of the molecule is O=C(COC(=O)C1CCS(=O)(=O)C1)Nc1ccnn1Cc1ccccc1Cl. The Morgan fingerprint density at radius 1 is 1.30 bits per heavy atom. The zero-order chi connectivity index (χ0) is 19.4. The molecule has 0 radical (unpaired) electrons. The van der Waals surface area contributed by atoms with E-state index in [0.717, 1.165) is 5.56 Å². The molecule has 0 saturated carbocycles. The first-order chi connectivity index (χ1) is 12.8. The molecule has 1 unspecified atom stereocenters. The van der Waals surface area contributed by atoms with Crippen LogP contribution in [-0.2, 0) is 30.7 Å². The molecule has 1 amide bonds. The second kappa shape index (κ2) is 8.10. The van der Waals surface area contributed by atoms with E-state index in [1.54, 1.807) is 16.8 Å². The van der Waals surface area contributed by atoms with E-state index in [0.29, 0.717) is 17.4 Å². The summed E-state index contributed by atoms with van der Waals surface area (Å²) in [6.45, 7) is -0.130. The molecule has 0 aliphatic carbocycles. The molecule has 1 aromatic heterocycles. The average Bonchev–Trinajstić information content (AvgIpc) is 3.21. The number of nitrogens with zero attached hydrogens (tertiary/aromatic N) is 2. The van der Waals surface area contributed by atoms with Crippen LogP contribution in [0.15, 0.2) is 36.5 Å². The van der Waals surface area contributed by atoms with Gasteiger partial charge < -0.3 is 10.1 Å². The normalized spacial score (nSPS) is 18.2. The van der Waals surface area contributed by atoms with Crippen LogP contribution in [0.2, 0.25) is 5.02 Å². The third kappa shape index (κ3) is 5.08. The molecule has 1 N–H and O–H groups in total. The molecule has 2 aromatic rings. The second-order valence-corrected chi connectivity index (χ2v) is 8.86. The Hall–Kier alpha value is -2.39. The van der Waals surface area contributed by atoms with Gasteiger partial charge in [-0.2, -0.15) is 5.10 Å². The molecule has 1 atom stereocenters. The van der Waals surface area contributed by atoms with Gasteiger partial charge in [-0.15, -0.1) is 0 Å². The molecule has 3 rings (SSSR count). The summed E-state index contributed by atoms with van der Waals surface area (Å²) in [6.07, 6.45) is 1.76. The Bertz CT molecular complexity index is 957. The van der Waals surface area contributed by atoms with Crippen molar-refractivity contribution in [3.63, 3.8) is 0 Å². The minimum atomic E-state index is -3.18. The molecule has 27 heavy (non-hydrogen) atoms. The van der Waals surface area contributed by atoms with Gasteiger partial charge in [0.1, 0.15) is 5.82 Å². The third-order valence-corrected chi connectivity index (χ3v) is 6.31. The Labute approximate surface area is 161 Å². The van der Waals surface area contributed by atoms with Crippen LogP contribution >= 0.6 is 11.6 Å². The van der Waals surface area contributed by atoms with E-state index < -0.39 is 34.2 Å². The average molecular weight is 412 g/mol. The van der Waals surface area contributed by atoms with Crippen molar-refractivity contribution in [1.82, 2.24) is 9.78 Å².